The van der Waals surface area contributed by atoms with E-state index in [1.807, 2.05) is 0 Å². The molecular formula is C15H20O4. The Hall–Kier alpha value is -1.84. The maximum Gasteiger partial charge on any atom is 0.335 e. The van der Waals surface area contributed by atoms with Gasteiger partial charge in [-0.05, 0) is 37.8 Å². The second-order valence-electron chi connectivity index (χ2n) is 4.54. The van der Waals surface area contributed by atoms with Gasteiger partial charge in [-0.2, -0.15) is 0 Å². The van der Waals surface area contributed by atoms with E-state index in [-0.39, 0.29) is 12.1 Å². The molecule has 1 aliphatic carbocycles. The van der Waals surface area contributed by atoms with E-state index in [1.165, 1.54) is 26.2 Å². The predicted molar refractivity (Wildman–Crippen MR) is 72.0 cm³/mol. The van der Waals surface area contributed by atoms with Gasteiger partial charge in [0.15, 0.2) is 0 Å². The van der Waals surface area contributed by atoms with Crippen LogP contribution in [0.15, 0.2) is 30.3 Å². The molecule has 1 aromatic carbocycles. The van der Waals surface area contributed by atoms with E-state index in [2.05, 4.69) is 0 Å². The van der Waals surface area contributed by atoms with Crippen LogP contribution in [0.25, 0.3) is 0 Å². The summed E-state index contributed by atoms with van der Waals surface area (Å²) in [5.74, 6) is -1.01. The number of carbonyl (C=O) groups is 2. The molecule has 1 aliphatic rings. The van der Waals surface area contributed by atoms with Gasteiger partial charge in [0.05, 0.1) is 5.56 Å². The molecule has 1 saturated carbocycles. The summed E-state index contributed by atoms with van der Waals surface area (Å²) in [5.41, 5.74) is 0.331. The van der Waals surface area contributed by atoms with Crippen LogP contribution >= 0.6 is 0 Å². The van der Waals surface area contributed by atoms with Crippen LogP contribution in [0.1, 0.15) is 49.4 Å². The number of ether oxygens (including phenoxy) is 1. The first-order valence-corrected chi connectivity index (χ1v) is 6.55. The van der Waals surface area contributed by atoms with E-state index in [0.717, 1.165) is 12.8 Å². The van der Waals surface area contributed by atoms with Gasteiger partial charge in [0, 0.05) is 6.92 Å². The summed E-state index contributed by atoms with van der Waals surface area (Å²) in [7, 11) is 0. The standard InChI is InChI=1S/C8H14O2.C7H6O2/c1-7(9)10-8-5-3-2-4-6-8;8-7(9)6-4-2-1-3-5-6/h8H,2-6H2,1H3;1-5H,(H,8,9). The fourth-order valence-electron chi connectivity index (χ4n) is 2.00. The van der Waals surface area contributed by atoms with Crippen LogP contribution in [-0.4, -0.2) is 23.1 Å². The minimum atomic E-state index is -0.879. The van der Waals surface area contributed by atoms with Crippen molar-refractivity contribution in [1.29, 1.82) is 0 Å². The van der Waals surface area contributed by atoms with Gasteiger partial charge in [-0.1, -0.05) is 24.6 Å². The number of aromatic carboxylic acids is 1. The number of hydrogen-bond acceptors (Lipinski definition) is 3. The van der Waals surface area contributed by atoms with E-state index >= 15 is 0 Å². The van der Waals surface area contributed by atoms with E-state index in [4.69, 9.17) is 9.84 Å². The number of carbonyl (C=O) groups excluding carboxylic acids is 1. The fraction of sp³-hybridized carbons (Fsp3) is 0.467. The predicted octanol–water partition coefficient (Wildman–Crippen LogP) is 3.27. The minimum Gasteiger partial charge on any atom is -0.478 e. The van der Waals surface area contributed by atoms with Gasteiger partial charge in [0.25, 0.3) is 0 Å². The van der Waals surface area contributed by atoms with Crippen LogP contribution in [0.4, 0.5) is 0 Å². The molecule has 0 radical (unpaired) electrons. The molecule has 1 fully saturated rings. The quantitative estimate of drug-likeness (QED) is 0.833. The Morgan fingerprint density at radius 1 is 1.11 bits per heavy atom. The highest BCUT2D eigenvalue weighted by molar-refractivity contribution is 5.87. The minimum absolute atomic E-state index is 0.132. The molecule has 104 valence electrons. The van der Waals surface area contributed by atoms with Gasteiger partial charge in [-0.15, -0.1) is 0 Å². The van der Waals surface area contributed by atoms with Gasteiger partial charge in [-0.25, -0.2) is 4.79 Å². The fourth-order valence-corrected chi connectivity index (χ4v) is 2.00. The molecule has 4 nitrogen and oxygen atoms in total. The molecular weight excluding hydrogens is 244 g/mol. The highest BCUT2D eigenvalue weighted by atomic mass is 16.5. The lowest BCUT2D eigenvalue weighted by molar-refractivity contribution is -0.147. The maximum absolute atomic E-state index is 10.5. The summed E-state index contributed by atoms with van der Waals surface area (Å²) in [4.78, 5) is 20.7. The second kappa shape index (κ2) is 8.29. The molecule has 19 heavy (non-hydrogen) atoms. The first-order valence-electron chi connectivity index (χ1n) is 6.55. The van der Waals surface area contributed by atoms with E-state index in [9.17, 15) is 9.59 Å². The third-order valence-corrected chi connectivity index (χ3v) is 2.91. The zero-order chi connectivity index (χ0) is 14.1. The molecule has 0 aliphatic heterocycles. The van der Waals surface area contributed by atoms with Crippen LogP contribution in [0.2, 0.25) is 0 Å². The number of benzene rings is 1. The maximum atomic E-state index is 10.5. The van der Waals surface area contributed by atoms with Crippen LogP contribution in [-0.2, 0) is 9.53 Å². The molecule has 1 aromatic rings. The molecule has 0 aromatic heterocycles. The second-order valence-corrected chi connectivity index (χ2v) is 4.54. The molecule has 2 rings (SSSR count). The smallest absolute Gasteiger partial charge is 0.335 e. The molecule has 0 atom stereocenters. The Labute approximate surface area is 113 Å². The highest BCUT2D eigenvalue weighted by Crippen LogP contribution is 2.19. The van der Waals surface area contributed by atoms with Crippen molar-refractivity contribution in [2.45, 2.75) is 45.1 Å². The number of esters is 1. The lowest BCUT2D eigenvalue weighted by Crippen LogP contribution is -2.18. The van der Waals surface area contributed by atoms with E-state index in [0.29, 0.717) is 5.56 Å². The average Bonchev–Trinajstić information content (AvgIpc) is 2.41. The molecule has 0 bridgehead atoms. The lowest BCUT2D eigenvalue weighted by atomic mass is 9.98. The summed E-state index contributed by atoms with van der Waals surface area (Å²) in [6.07, 6.45) is 6.11. The number of hydrogen-bond donors (Lipinski definition) is 1. The van der Waals surface area contributed by atoms with Crippen molar-refractivity contribution in [3.63, 3.8) is 0 Å². The molecule has 0 saturated heterocycles. The summed E-state index contributed by atoms with van der Waals surface area (Å²) in [5, 5.41) is 8.38. The number of rotatable bonds is 2. The molecule has 4 heteroatoms. The number of carboxylic acid groups (broad SMARTS) is 1. The van der Waals surface area contributed by atoms with E-state index in [1.54, 1.807) is 30.3 Å². The molecule has 0 amide bonds. The molecule has 0 spiro atoms. The van der Waals surface area contributed by atoms with Crippen molar-refractivity contribution >= 4 is 11.9 Å². The van der Waals surface area contributed by atoms with Crippen molar-refractivity contribution in [2.75, 3.05) is 0 Å². The monoisotopic (exact) mass is 264 g/mol. The SMILES string of the molecule is CC(=O)OC1CCCCC1.O=C(O)c1ccccc1. The zero-order valence-electron chi connectivity index (χ0n) is 11.2. The van der Waals surface area contributed by atoms with Crippen molar-refractivity contribution < 1.29 is 19.4 Å². The number of carboxylic acids is 1. The Bertz CT molecular complexity index is 394. The summed E-state index contributed by atoms with van der Waals surface area (Å²) in [6, 6.07) is 8.30. The van der Waals surface area contributed by atoms with Crippen LogP contribution in [0.5, 0.6) is 0 Å². The van der Waals surface area contributed by atoms with Crippen LogP contribution in [0, 0.1) is 0 Å². The van der Waals surface area contributed by atoms with Crippen molar-refractivity contribution in [3.05, 3.63) is 35.9 Å². The Morgan fingerprint density at radius 3 is 2.11 bits per heavy atom. The molecule has 0 heterocycles. The van der Waals surface area contributed by atoms with Gasteiger partial charge < -0.3 is 9.84 Å². The highest BCUT2D eigenvalue weighted by Gasteiger charge is 2.14. The van der Waals surface area contributed by atoms with Crippen LogP contribution < -0.4 is 0 Å². The van der Waals surface area contributed by atoms with Gasteiger partial charge in [-0.3, -0.25) is 4.79 Å². The largest absolute Gasteiger partial charge is 0.478 e. The third kappa shape index (κ3) is 6.60. The Kier molecular flexibility index (Phi) is 6.64. The summed E-state index contributed by atoms with van der Waals surface area (Å²) < 4.78 is 5.05. The first-order chi connectivity index (χ1) is 9.09. The lowest BCUT2D eigenvalue weighted by Gasteiger charge is -2.20. The van der Waals surface area contributed by atoms with Crippen molar-refractivity contribution in [1.82, 2.24) is 0 Å². The Morgan fingerprint density at radius 2 is 1.68 bits per heavy atom. The normalized spacial score (nSPS) is 15.0. The average molecular weight is 264 g/mol. The molecule has 0 unspecified atom stereocenters. The third-order valence-electron chi connectivity index (χ3n) is 2.91. The van der Waals surface area contributed by atoms with Gasteiger partial charge in [0.2, 0.25) is 0 Å². The van der Waals surface area contributed by atoms with Crippen LogP contribution in [0.3, 0.4) is 0 Å². The first kappa shape index (κ1) is 15.2. The van der Waals surface area contributed by atoms with Gasteiger partial charge in [0.1, 0.15) is 6.10 Å². The van der Waals surface area contributed by atoms with Crippen molar-refractivity contribution in [2.24, 2.45) is 0 Å². The summed E-state index contributed by atoms with van der Waals surface area (Å²) in [6.45, 7) is 1.48. The topological polar surface area (TPSA) is 63.6 Å². The molecule has 1 N–H and O–H groups in total. The van der Waals surface area contributed by atoms with Crippen molar-refractivity contribution in [3.8, 4) is 0 Å². The van der Waals surface area contributed by atoms with E-state index < -0.39 is 5.97 Å². The Balaban J connectivity index is 0.000000191. The van der Waals surface area contributed by atoms with Gasteiger partial charge >= 0.3 is 11.9 Å². The summed E-state index contributed by atoms with van der Waals surface area (Å²) >= 11 is 0. The zero-order valence-corrected chi connectivity index (χ0v) is 11.2.